The summed E-state index contributed by atoms with van der Waals surface area (Å²) in [7, 11) is 0. The van der Waals surface area contributed by atoms with Crippen LogP contribution in [-0.4, -0.2) is 51.6 Å². The molecular formula is C25H32BrN3O4. The molecule has 0 saturated carbocycles. The highest BCUT2D eigenvalue weighted by Gasteiger charge is 2.47. The molecule has 178 valence electrons. The van der Waals surface area contributed by atoms with Crippen molar-refractivity contribution >= 4 is 39.6 Å². The Bertz CT molecular complexity index is 943. The van der Waals surface area contributed by atoms with Crippen molar-refractivity contribution in [2.75, 3.05) is 6.54 Å². The molecule has 0 bridgehead atoms. The minimum absolute atomic E-state index is 0.0223. The van der Waals surface area contributed by atoms with E-state index in [4.69, 9.17) is 0 Å². The first-order chi connectivity index (χ1) is 15.5. The van der Waals surface area contributed by atoms with Crippen LogP contribution in [0.1, 0.15) is 52.5 Å². The van der Waals surface area contributed by atoms with Crippen molar-refractivity contribution in [3.63, 3.8) is 0 Å². The molecule has 1 heterocycles. The topological polar surface area (TPSA) is 86.8 Å². The maximum atomic E-state index is 13.3. The van der Waals surface area contributed by atoms with Gasteiger partial charge in [-0.25, -0.2) is 0 Å². The Morgan fingerprint density at radius 3 is 2.30 bits per heavy atom. The van der Waals surface area contributed by atoms with Crippen molar-refractivity contribution in [1.82, 2.24) is 15.1 Å². The summed E-state index contributed by atoms with van der Waals surface area (Å²) >= 11 is 3.44. The molecule has 1 aromatic rings. The summed E-state index contributed by atoms with van der Waals surface area (Å²) in [6.07, 6.45) is 5.00. The summed E-state index contributed by atoms with van der Waals surface area (Å²) in [5.41, 5.74) is 0.438. The molecule has 4 amide bonds. The number of allylic oxidation sites excluding steroid dienone is 2. The van der Waals surface area contributed by atoms with E-state index >= 15 is 0 Å². The third-order valence-corrected chi connectivity index (χ3v) is 6.55. The number of fused-ring (bicyclic) bond motifs is 1. The van der Waals surface area contributed by atoms with Crippen LogP contribution < -0.4 is 5.32 Å². The van der Waals surface area contributed by atoms with Gasteiger partial charge in [-0.15, -0.1) is 0 Å². The number of rotatable bonds is 7. The molecule has 1 aliphatic heterocycles. The summed E-state index contributed by atoms with van der Waals surface area (Å²) in [5.74, 6) is -1.55. The fourth-order valence-corrected chi connectivity index (χ4v) is 4.78. The Hall–Kier alpha value is -2.48. The average Bonchev–Trinajstić information content (AvgIpc) is 2.99. The second-order valence-corrected chi connectivity index (χ2v) is 10.7. The van der Waals surface area contributed by atoms with E-state index in [0.717, 1.165) is 10.0 Å². The van der Waals surface area contributed by atoms with Gasteiger partial charge in [0, 0.05) is 29.5 Å². The highest BCUT2D eigenvalue weighted by molar-refractivity contribution is 9.10. The number of imide groups is 1. The van der Waals surface area contributed by atoms with Crippen molar-refractivity contribution in [3.8, 4) is 0 Å². The first-order valence-electron chi connectivity index (χ1n) is 11.3. The molecule has 0 aromatic heterocycles. The number of amides is 4. The molecule has 1 aromatic carbocycles. The first kappa shape index (κ1) is 25.1. The highest BCUT2D eigenvalue weighted by Crippen LogP contribution is 2.35. The number of nitrogens with zero attached hydrogens (tertiary/aromatic N) is 2. The van der Waals surface area contributed by atoms with Crippen molar-refractivity contribution in [1.29, 1.82) is 0 Å². The zero-order chi connectivity index (χ0) is 24.3. The lowest BCUT2D eigenvalue weighted by atomic mass is 9.85. The van der Waals surface area contributed by atoms with Gasteiger partial charge < -0.3 is 10.2 Å². The standard InChI is InChI=1S/C25H32BrN3O4/c1-16(22(31)27-25(2,3)4)29(15-17-8-7-9-18(26)14-17)21(30)12-13-28-23(32)19-10-5-6-11-20(19)24(28)33/h5-9,14,16,19-20H,10-13,15H2,1-4H3,(H,27,31)/t16-,19-,20+/m1/s1. The molecule has 2 aliphatic rings. The third kappa shape index (κ3) is 6.10. The molecule has 1 fully saturated rings. The summed E-state index contributed by atoms with van der Waals surface area (Å²) in [6, 6.07) is 6.85. The summed E-state index contributed by atoms with van der Waals surface area (Å²) < 4.78 is 0.878. The highest BCUT2D eigenvalue weighted by atomic mass is 79.9. The average molecular weight is 518 g/mol. The largest absolute Gasteiger partial charge is 0.350 e. The van der Waals surface area contributed by atoms with E-state index < -0.39 is 11.6 Å². The summed E-state index contributed by atoms with van der Waals surface area (Å²) in [5, 5.41) is 2.93. The Morgan fingerprint density at radius 2 is 1.76 bits per heavy atom. The molecule has 0 spiro atoms. The summed E-state index contributed by atoms with van der Waals surface area (Å²) in [6.45, 7) is 7.63. The van der Waals surface area contributed by atoms with E-state index in [-0.39, 0.29) is 55.0 Å². The minimum atomic E-state index is -0.715. The molecular weight excluding hydrogens is 486 g/mol. The maximum Gasteiger partial charge on any atom is 0.242 e. The maximum absolute atomic E-state index is 13.3. The first-order valence-corrected chi connectivity index (χ1v) is 12.1. The van der Waals surface area contributed by atoms with E-state index in [1.807, 2.05) is 57.2 Å². The van der Waals surface area contributed by atoms with E-state index in [1.54, 1.807) is 6.92 Å². The molecule has 8 heteroatoms. The summed E-state index contributed by atoms with van der Waals surface area (Å²) in [4.78, 5) is 54.4. The predicted molar refractivity (Wildman–Crippen MR) is 129 cm³/mol. The van der Waals surface area contributed by atoms with Crippen LogP contribution in [0.5, 0.6) is 0 Å². The van der Waals surface area contributed by atoms with Crippen LogP contribution in [0.3, 0.4) is 0 Å². The SMILES string of the molecule is C[C@H](C(=O)NC(C)(C)C)N(Cc1cccc(Br)c1)C(=O)CCN1C(=O)[C@H]2CC=CC[C@H]2C1=O. The van der Waals surface area contributed by atoms with Crippen molar-refractivity contribution in [2.24, 2.45) is 11.8 Å². The normalized spacial score (nSPS) is 21.1. The van der Waals surface area contributed by atoms with Gasteiger partial charge in [0.15, 0.2) is 0 Å². The molecule has 1 saturated heterocycles. The van der Waals surface area contributed by atoms with Gasteiger partial charge in [0.2, 0.25) is 23.6 Å². The Kier molecular flexibility index (Phi) is 7.77. The number of likely N-dealkylation sites (tertiary alicyclic amines) is 1. The Labute approximate surface area is 203 Å². The number of halogens is 1. The van der Waals surface area contributed by atoms with Crippen LogP contribution in [-0.2, 0) is 25.7 Å². The fraction of sp³-hybridized carbons (Fsp3) is 0.520. The number of nitrogens with one attached hydrogen (secondary N) is 1. The van der Waals surface area contributed by atoms with Gasteiger partial charge in [-0.2, -0.15) is 0 Å². The molecule has 3 atom stereocenters. The van der Waals surface area contributed by atoms with Gasteiger partial charge in [0.25, 0.3) is 0 Å². The van der Waals surface area contributed by atoms with Gasteiger partial charge in [-0.3, -0.25) is 24.1 Å². The lowest BCUT2D eigenvalue weighted by molar-refractivity contribution is -0.144. The number of hydrogen-bond acceptors (Lipinski definition) is 4. The van der Waals surface area contributed by atoms with Crippen molar-refractivity contribution in [2.45, 2.75) is 65.1 Å². The van der Waals surface area contributed by atoms with E-state index in [2.05, 4.69) is 21.2 Å². The van der Waals surface area contributed by atoms with E-state index in [0.29, 0.717) is 12.8 Å². The van der Waals surface area contributed by atoms with Crippen LogP contribution in [0, 0.1) is 11.8 Å². The van der Waals surface area contributed by atoms with Crippen LogP contribution in [0.2, 0.25) is 0 Å². The molecule has 1 aliphatic carbocycles. The number of carbonyl (C=O) groups is 4. The Morgan fingerprint density at radius 1 is 1.15 bits per heavy atom. The van der Waals surface area contributed by atoms with Gasteiger partial charge in [-0.05, 0) is 58.2 Å². The van der Waals surface area contributed by atoms with Crippen LogP contribution in [0.25, 0.3) is 0 Å². The second-order valence-electron chi connectivity index (χ2n) is 9.80. The lowest BCUT2D eigenvalue weighted by Crippen LogP contribution is -2.52. The Balaban J connectivity index is 1.73. The second kappa shape index (κ2) is 10.2. The molecule has 7 nitrogen and oxygen atoms in total. The zero-order valence-corrected chi connectivity index (χ0v) is 21.2. The lowest BCUT2D eigenvalue weighted by Gasteiger charge is -2.32. The fourth-order valence-electron chi connectivity index (χ4n) is 4.33. The van der Waals surface area contributed by atoms with Gasteiger partial charge in [0.05, 0.1) is 11.8 Å². The van der Waals surface area contributed by atoms with Gasteiger partial charge in [0.1, 0.15) is 6.04 Å². The third-order valence-electron chi connectivity index (χ3n) is 6.06. The van der Waals surface area contributed by atoms with Crippen molar-refractivity contribution < 1.29 is 19.2 Å². The predicted octanol–water partition coefficient (Wildman–Crippen LogP) is 3.42. The van der Waals surface area contributed by atoms with Crippen LogP contribution in [0.4, 0.5) is 0 Å². The molecule has 3 rings (SSSR count). The molecule has 0 unspecified atom stereocenters. The quantitative estimate of drug-likeness (QED) is 0.443. The van der Waals surface area contributed by atoms with E-state index in [1.165, 1.54) is 9.80 Å². The van der Waals surface area contributed by atoms with Gasteiger partial charge >= 0.3 is 0 Å². The zero-order valence-electron chi connectivity index (χ0n) is 19.6. The van der Waals surface area contributed by atoms with Crippen molar-refractivity contribution in [3.05, 3.63) is 46.5 Å². The monoisotopic (exact) mass is 517 g/mol. The van der Waals surface area contributed by atoms with E-state index in [9.17, 15) is 19.2 Å². The van der Waals surface area contributed by atoms with Crippen LogP contribution >= 0.6 is 15.9 Å². The number of hydrogen-bond donors (Lipinski definition) is 1. The molecule has 33 heavy (non-hydrogen) atoms. The number of carbonyl (C=O) groups excluding carboxylic acids is 4. The minimum Gasteiger partial charge on any atom is -0.350 e. The molecule has 1 N–H and O–H groups in total. The van der Waals surface area contributed by atoms with Gasteiger partial charge in [-0.1, -0.05) is 40.2 Å². The smallest absolute Gasteiger partial charge is 0.242 e. The molecule has 0 radical (unpaired) electrons. The van der Waals surface area contributed by atoms with Crippen LogP contribution in [0.15, 0.2) is 40.9 Å². The number of benzene rings is 1.